The van der Waals surface area contributed by atoms with Gasteiger partial charge in [-0.1, -0.05) is 23.2 Å². The van der Waals surface area contributed by atoms with Gasteiger partial charge in [0.15, 0.2) is 5.15 Å². The van der Waals surface area contributed by atoms with E-state index in [2.05, 4.69) is 4.98 Å². The van der Waals surface area contributed by atoms with Gasteiger partial charge in [0.25, 0.3) is 0 Å². The van der Waals surface area contributed by atoms with Crippen molar-refractivity contribution in [3.63, 3.8) is 0 Å². The smallest absolute Gasteiger partial charge is 0.156 e. The second kappa shape index (κ2) is 3.05. The van der Waals surface area contributed by atoms with Crippen LogP contribution in [0.4, 0.5) is 5.69 Å². The topological polar surface area (TPSA) is 45.1 Å². The van der Waals surface area contributed by atoms with E-state index >= 15 is 0 Å². The van der Waals surface area contributed by atoms with Crippen LogP contribution >= 0.6 is 23.2 Å². The van der Waals surface area contributed by atoms with Crippen LogP contribution in [0.3, 0.4) is 0 Å². The zero-order valence-corrected chi connectivity index (χ0v) is 6.32. The molecule has 0 aliphatic rings. The number of pyridine rings is 1. The van der Waals surface area contributed by atoms with Gasteiger partial charge < -0.3 is 0 Å². The van der Waals surface area contributed by atoms with Crippen molar-refractivity contribution in [3.8, 4) is 0 Å². The third-order valence-corrected chi connectivity index (χ3v) is 1.43. The van der Waals surface area contributed by atoms with E-state index in [1.807, 2.05) is 5.48 Å². The lowest BCUT2D eigenvalue weighted by Gasteiger charge is -1.99. The number of nitrogens with one attached hydrogen (secondary N) is 1. The van der Waals surface area contributed by atoms with E-state index in [0.717, 1.165) is 0 Å². The fraction of sp³-hybridized carbons (Fsp3) is 0. The Morgan fingerprint density at radius 3 is 2.60 bits per heavy atom. The highest BCUT2D eigenvalue weighted by Gasteiger charge is 1.99. The molecule has 3 nitrogen and oxygen atoms in total. The van der Waals surface area contributed by atoms with Gasteiger partial charge in [0.2, 0.25) is 0 Å². The Hall–Kier alpha value is -0.510. The van der Waals surface area contributed by atoms with E-state index in [1.165, 1.54) is 12.1 Å². The average molecular weight is 179 g/mol. The van der Waals surface area contributed by atoms with Crippen LogP contribution in [-0.4, -0.2) is 10.2 Å². The molecule has 1 heterocycles. The van der Waals surface area contributed by atoms with Crippen LogP contribution in [0.5, 0.6) is 0 Å². The highest BCUT2D eigenvalue weighted by atomic mass is 35.5. The maximum absolute atomic E-state index is 8.39. The number of hydrogen-bond donors (Lipinski definition) is 2. The molecule has 10 heavy (non-hydrogen) atoms. The SMILES string of the molecule is ONc1ccc(Cl)nc1Cl. The lowest BCUT2D eigenvalue weighted by Crippen LogP contribution is -1.91. The first-order valence-corrected chi connectivity index (χ1v) is 3.22. The van der Waals surface area contributed by atoms with Gasteiger partial charge in [-0.25, -0.2) is 4.98 Å². The molecule has 0 bridgehead atoms. The number of hydrogen-bond acceptors (Lipinski definition) is 3. The van der Waals surface area contributed by atoms with E-state index in [-0.39, 0.29) is 5.15 Å². The fourth-order valence-corrected chi connectivity index (χ4v) is 0.883. The second-order valence-electron chi connectivity index (χ2n) is 1.58. The van der Waals surface area contributed by atoms with Gasteiger partial charge in [-0.2, -0.15) is 0 Å². The van der Waals surface area contributed by atoms with Crippen molar-refractivity contribution in [2.75, 3.05) is 5.48 Å². The number of halogens is 2. The van der Waals surface area contributed by atoms with Gasteiger partial charge in [0, 0.05) is 0 Å². The van der Waals surface area contributed by atoms with Crippen molar-refractivity contribution in [1.29, 1.82) is 0 Å². The van der Waals surface area contributed by atoms with Crippen LogP contribution < -0.4 is 5.48 Å². The zero-order valence-electron chi connectivity index (χ0n) is 4.81. The Bertz CT molecular complexity index is 241. The molecule has 1 aromatic heterocycles. The van der Waals surface area contributed by atoms with Crippen molar-refractivity contribution in [2.24, 2.45) is 0 Å². The standard InChI is InChI=1S/C5H4Cl2N2O/c6-4-2-1-3(9-10)5(7)8-4/h1-2,9-10H. The van der Waals surface area contributed by atoms with Crippen LogP contribution in [0.1, 0.15) is 0 Å². The minimum Gasteiger partial charge on any atom is -0.291 e. The lowest BCUT2D eigenvalue weighted by atomic mass is 10.4. The molecule has 0 saturated heterocycles. The average Bonchev–Trinajstić information content (AvgIpc) is 1.88. The Balaban J connectivity index is 3.07. The molecule has 0 atom stereocenters. The van der Waals surface area contributed by atoms with E-state index < -0.39 is 0 Å². The molecule has 0 radical (unpaired) electrons. The van der Waals surface area contributed by atoms with E-state index in [4.69, 9.17) is 28.4 Å². The summed E-state index contributed by atoms with van der Waals surface area (Å²) in [5.74, 6) is 0. The number of anilines is 1. The largest absolute Gasteiger partial charge is 0.291 e. The summed E-state index contributed by atoms with van der Waals surface area (Å²) in [6.07, 6.45) is 0. The highest BCUT2D eigenvalue weighted by Crippen LogP contribution is 2.20. The molecule has 5 heteroatoms. The minimum atomic E-state index is 0.148. The summed E-state index contributed by atoms with van der Waals surface area (Å²) in [4.78, 5) is 3.65. The Labute approximate surface area is 67.6 Å². The number of aromatic nitrogens is 1. The van der Waals surface area contributed by atoms with Crippen LogP contribution in [0.2, 0.25) is 10.3 Å². The maximum atomic E-state index is 8.39. The third-order valence-electron chi connectivity index (χ3n) is 0.935. The molecule has 0 aromatic carbocycles. The van der Waals surface area contributed by atoms with Crippen molar-refractivity contribution < 1.29 is 5.21 Å². The van der Waals surface area contributed by atoms with Gasteiger partial charge in [-0.3, -0.25) is 10.7 Å². The molecule has 2 N–H and O–H groups in total. The van der Waals surface area contributed by atoms with Crippen LogP contribution in [0, 0.1) is 0 Å². The first kappa shape index (κ1) is 7.60. The van der Waals surface area contributed by atoms with Gasteiger partial charge in [0.1, 0.15) is 5.15 Å². The van der Waals surface area contributed by atoms with E-state index in [1.54, 1.807) is 0 Å². The molecular weight excluding hydrogens is 175 g/mol. The van der Waals surface area contributed by atoms with Crippen molar-refractivity contribution in [2.45, 2.75) is 0 Å². The van der Waals surface area contributed by atoms with Gasteiger partial charge in [-0.05, 0) is 12.1 Å². The van der Waals surface area contributed by atoms with Crippen LogP contribution in [-0.2, 0) is 0 Å². The minimum absolute atomic E-state index is 0.148. The summed E-state index contributed by atoms with van der Waals surface area (Å²) in [5, 5.41) is 8.84. The molecule has 0 fully saturated rings. The molecule has 0 aliphatic heterocycles. The summed E-state index contributed by atoms with van der Waals surface area (Å²) < 4.78 is 0. The quantitative estimate of drug-likeness (QED) is 0.512. The van der Waals surface area contributed by atoms with Crippen LogP contribution in [0.25, 0.3) is 0 Å². The molecule has 0 saturated carbocycles. The predicted octanol–water partition coefficient (Wildman–Crippen LogP) is 2.19. The van der Waals surface area contributed by atoms with Gasteiger partial charge >= 0.3 is 0 Å². The van der Waals surface area contributed by atoms with E-state index in [9.17, 15) is 0 Å². The molecule has 0 spiro atoms. The second-order valence-corrected chi connectivity index (χ2v) is 2.33. The summed E-state index contributed by atoms with van der Waals surface area (Å²) in [6.45, 7) is 0. The lowest BCUT2D eigenvalue weighted by molar-refractivity contribution is 0.388. The summed E-state index contributed by atoms with van der Waals surface area (Å²) in [5.41, 5.74) is 2.21. The maximum Gasteiger partial charge on any atom is 0.156 e. The molecule has 1 aromatic rings. The Morgan fingerprint density at radius 1 is 1.40 bits per heavy atom. The predicted molar refractivity (Wildman–Crippen MR) is 39.7 cm³/mol. The number of rotatable bonds is 1. The normalized spacial score (nSPS) is 9.50. The van der Waals surface area contributed by atoms with Crippen molar-refractivity contribution >= 4 is 28.9 Å². The zero-order chi connectivity index (χ0) is 7.56. The molecule has 0 amide bonds. The van der Waals surface area contributed by atoms with Gasteiger partial charge in [-0.15, -0.1) is 0 Å². The van der Waals surface area contributed by atoms with Crippen molar-refractivity contribution in [1.82, 2.24) is 4.98 Å². The van der Waals surface area contributed by atoms with E-state index in [0.29, 0.717) is 10.8 Å². The Kier molecular flexibility index (Phi) is 2.32. The molecule has 0 unspecified atom stereocenters. The van der Waals surface area contributed by atoms with Gasteiger partial charge in [0.05, 0.1) is 5.69 Å². The molecular formula is C5H4Cl2N2O. The van der Waals surface area contributed by atoms with Crippen LogP contribution in [0.15, 0.2) is 12.1 Å². The molecule has 0 aliphatic carbocycles. The highest BCUT2D eigenvalue weighted by molar-refractivity contribution is 6.34. The summed E-state index contributed by atoms with van der Waals surface area (Å²) in [7, 11) is 0. The molecule has 1 rings (SSSR count). The Morgan fingerprint density at radius 2 is 2.10 bits per heavy atom. The first-order chi connectivity index (χ1) is 4.74. The summed E-state index contributed by atoms with van der Waals surface area (Å²) in [6, 6.07) is 3.05. The summed E-state index contributed by atoms with van der Waals surface area (Å²) >= 11 is 11.0. The monoisotopic (exact) mass is 178 g/mol. The first-order valence-electron chi connectivity index (χ1n) is 2.46. The third kappa shape index (κ3) is 1.50. The fourth-order valence-electron chi connectivity index (χ4n) is 0.496. The van der Waals surface area contributed by atoms with Crippen molar-refractivity contribution in [3.05, 3.63) is 22.4 Å². The molecule has 54 valence electrons. The number of nitrogens with zero attached hydrogens (tertiary/aromatic N) is 1.